The molecule has 1 aromatic carbocycles. The molecule has 1 fully saturated rings. The number of nitrogens with two attached hydrogens (primary N) is 1. The second-order valence-corrected chi connectivity index (χ2v) is 4.92. The molecule has 1 aromatic rings. The molecule has 0 aromatic heterocycles. The number of rotatable bonds is 4. The van der Waals surface area contributed by atoms with Crippen LogP contribution in [0.25, 0.3) is 0 Å². The molecule has 1 atom stereocenters. The molecule has 98 valence electrons. The molecule has 1 aliphatic heterocycles. The van der Waals surface area contributed by atoms with Gasteiger partial charge in [0.1, 0.15) is 6.04 Å². The van der Waals surface area contributed by atoms with E-state index in [0.29, 0.717) is 18.2 Å². The monoisotopic (exact) mass is 268 g/mol. The fourth-order valence-electron chi connectivity index (χ4n) is 2.23. The van der Waals surface area contributed by atoms with E-state index in [1.807, 2.05) is 12.1 Å². The number of halogens is 1. The first-order chi connectivity index (χ1) is 8.66. The van der Waals surface area contributed by atoms with Crippen molar-refractivity contribution in [2.45, 2.75) is 18.9 Å². The maximum absolute atomic E-state index is 11.6. The predicted octanol–water partition coefficient (Wildman–Crippen LogP) is 2.03. The summed E-state index contributed by atoms with van der Waals surface area (Å²) in [5.41, 5.74) is 6.30. The van der Waals surface area contributed by atoms with Crippen molar-refractivity contribution in [3.63, 3.8) is 0 Å². The molecular formula is C13H17ClN2O2. The minimum Gasteiger partial charge on any atom is -0.381 e. The van der Waals surface area contributed by atoms with Crippen molar-refractivity contribution >= 4 is 23.2 Å². The van der Waals surface area contributed by atoms with E-state index in [1.54, 1.807) is 12.1 Å². The molecule has 2 rings (SSSR count). The summed E-state index contributed by atoms with van der Waals surface area (Å²) in [4.78, 5) is 11.6. The molecule has 1 unspecified atom stereocenters. The molecule has 4 nitrogen and oxygen atoms in total. The summed E-state index contributed by atoms with van der Waals surface area (Å²) in [5, 5.41) is 3.81. The Hall–Kier alpha value is -1.26. The van der Waals surface area contributed by atoms with Gasteiger partial charge >= 0.3 is 0 Å². The standard InChI is InChI=1S/C13H17ClN2O2/c14-10-2-1-3-11(8-10)16-12(13(15)17)9-4-6-18-7-5-9/h1-3,8-9,12,16H,4-7H2,(H2,15,17). The van der Waals surface area contributed by atoms with E-state index in [4.69, 9.17) is 22.1 Å². The fourth-order valence-corrected chi connectivity index (χ4v) is 2.42. The number of primary amides is 1. The number of carbonyl (C=O) groups is 1. The number of hydrogen-bond acceptors (Lipinski definition) is 3. The van der Waals surface area contributed by atoms with Crippen LogP contribution in [0.4, 0.5) is 5.69 Å². The first-order valence-electron chi connectivity index (χ1n) is 6.06. The van der Waals surface area contributed by atoms with Crippen molar-refractivity contribution in [2.75, 3.05) is 18.5 Å². The lowest BCUT2D eigenvalue weighted by atomic mass is 9.91. The lowest BCUT2D eigenvalue weighted by molar-refractivity contribution is -0.120. The number of benzene rings is 1. The Morgan fingerprint density at radius 2 is 2.17 bits per heavy atom. The average Bonchev–Trinajstić information content (AvgIpc) is 2.37. The molecule has 1 aliphatic rings. The van der Waals surface area contributed by atoms with E-state index in [1.165, 1.54) is 0 Å². The minimum absolute atomic E-state index is 0.218. The highest BCUT2D eigenvalue weighted by atomic mass is 35.5. The van der Waals surface area contributed by atoms with Gasteiger partial charge in [-0.05, 0) is 37.0 Å². The van der Waals surface area contributed by atoms with Crippen molar-refractivity contribution in [2.24, 2.45) is 11.7 Å². The smallest absolute Gasteiger partial charge is 0.240 e. The van der Waals surface area contributed by atoms with Gasteiger partial charge in [-0.1, -0.05) is 17.7 Å². The molecule has 1 heterocycles. The van der Waals surface area contributed by atoms with Gasteiger partial charge in [-0.15, -0.1) is 0 Å². The van der Waals surface area contributed by atoms with E-state index in [0.717, 1.165) is 18.5 Å². The van der Waals surface area contributed by atoms with Gasteiger partial charge in [-0.2, -0.15) is 0 Å². The highest BCUT2D eigenvalue weighted by Gasteiger charge is 2.28. The largest absolute Gasteiger partial charge is 0.381 e. The number of ether oxygens (including phenoxy) is 1. The maximum atomic E-state index is 11.6. The third-order valence-electron chi connectivity index (χ3n) is 3.19. The molecule has 1 saturated heterocycles. The summed E-state index contributed by atoms with van der Waals surface area (Å²) in [5.74, 6) is -0.114. The van der Waals surface area contributed by atoms with Crippen LogP contribution in [0.1, 0.15) is 12.8 Å². The van der Waals surface area contributed by atoms with E-state index in [9.17, 15) is 4.79 Å². The van der Waals surface area contributed by atoms with E-state index >= 15 is 0 Å². The highest BCUT2D eigenvalue weighted by Crippen LogP contribution is 2.23. The zero-order chi connectivity index (χ0) is 13.0. The fraction of sp³-hybridized carbons (Fsp3) is 0.462. The minimum atomic E-state index is -0.368. The van der Waals surface area contributed by atoms with E-state index in [-0.39, 0.29) is 17.9 Å². The third-order valence-corrected chi connectivity index (χ3v) is 3.43. The van der Waals surface area contributed by atoms with Gasteiger partial charge < -0.3 is 15.8 Å². The van der Waals surface area contributed by atoms with Crippen LogP contribution in [0, 0.1) is 5.92 Å². The molecule has 0 radical (unpaired) electrons. The summed E-state index contributed by atoms with van der Waals surface area (Å²) >= 11 is 5.92. The van der Waals surface area contributed by atoms with Crippen LogP contribution < -0.4 is 11.1 Å². The topological polar surface area (TPSA) is 64.4 Å². The molecule has 1 amide bonds. The quantitative estimate of drug-likeness (QED) is 0.878. The van der Waals surface area contributed by atoms with Gasteiger partial charge in [0.2, 0.25) is 5.91 Å². The Morgan fingerprint density at radius 3 is 2.78 bits per heavy atom. The molecule has 3 N–H and O–H groups in total. The van der Waals surface area contributed by atoms with E-state index < -0.39 is 0 Å². The number of amides is 1. The average molecular weight is 269 g/mol. The summed E-state index contributed by atoms with van der Waals surface area (Å²) in [6, 6.07) is 6.93. The summed E-state index contributed by atoms with van der Waals surface area (Å²) < 4.78 is 5.30. The number of nitrogens with one attached hydrogen (secondary N) is 1. The lowest BCUT2D eigenvalue weighted by Crippen LogP contribution is -2.43. The third kappa shape index (κ3) is 3.37. The number of carbonyl (C=O) groups excluding carboxylic acids is 1. The molecule has 0 saturated carbocycles. The predicted molar refractivity (Wildman–Crippen MR) is 71.6 cm³/mol. The molecular weight excluding hydrogens is 252 g/mol. The van der Waals surface area contributed by atoms with Crippen LogP contribution >= 0.6 is 11.6 Å². The van der Waals surface area contributed by atoms with Crippen molar-refractivity contribution in [1.29, 1.82) is 0 Å². The Labute approximate surface area is 111 Å². The molecule has 0 aliphatic carbocycles. The zero-order valence-electron chi connectivity index (χ0n) is 10.1. The van der Waals surface area contributed by atoms with Crippen molar-refractivity contribution in [3.8, 4) is 0 Å². The highest BCUT2D eigenvalue weighted by molar-refractivity contribution is 6.30. The van der Waals surface area contributed by atoms with Crippen LogP contribution in [-0.2, 0) is 9.53 Å². The second kappa shape index (κ2) is 6.07. The van der Waals surface area contributed by atoms with Gasteiger partial charge in [-0.3, -0.25) is 4.79 Å². The molecule has 5 heteroatoms. The van der Waals surface area contributed by atoms with Crippen molar-refractivity contribution in [3.05, 3.63) is 29.3 Å². The van der Waals surface area contributed by atoms with Gasteiger partial charge in [0.25, 0.3) is 0 Å². The van der Waals surface area contributed by atoms with Crippen molar-refractivity contribution in [1.82, 2.24) is 0 Å². The van der Waals surface area contributed by atoms with Crippen LogP contribution in [0.2, 0.25) is 5.02 Å². The first kappa shape index (κ1) is 13.2. The van der Waals surface area contributed by atoms with Crippen LogP contribution in [-0.4, -0.2) is 25.2 Å². The summed E-state index contributed by atoms with van der Waals surface area (Å²) in [6.45, 7) is 1.37. The summed E-state index contributed by atoms with van der Waals surface area (Å²) in [6.07, 6.45) is 1.70. The zero-order valence-corrected chi connectivity index (χ0v) is 10.8. The van der Waals surface area contributed by atoms with Crippen molar-refractivity contribution < 1.29 is 9.53 Å². The Bertz CT molecular complexity index is 419. The van der Waals surface area contributed by atoms with E-state index in [2.05, 4.69) is 5.32 Å². The van der Waals surface area contributed by atoms with Gasteiger partial charge in [0.15, 0.2) is 0 Å². The molecule has 0 bridgehead atoms. The van der Waals surface area contributed by atoms with Gasteiger partial charge in [0, 0.05) is 23.9 Å². The Balaban J connectivity index is 2.08. The number of anilines is 1. The normalized spacial score (nSPS) is 18.3. The molecule has 0 spiro atoms. The van der Waals surface area contributed by atoms with Crippen LogP contribution in [0.5, 0.6) is 0 Å². The Morgan fingerprint density at radius 1 is 1.44 bits per heavy atom. The number of hydrogen-bond donors (Lipinski definition) is 2. The SMILES string of the molecule is NC(=O)C(Nc1cccc(Cl)c1)C1CCOCC1. The maximum Gasteiger partial charge on any atom is 0.240 e. The van der Waals surface area contributed by atoms with Crippen LogP contribution in [0.3, 0.4) is 0 Å². The summed E-state index contributed by atoms with van der Waals surface area (Å²) in [7, 11) is 0. The first-order valence-corrected chi connectivity index (χ1v) is 6.44. The Kier molecular flexibility index (Phi) is 4.44. The lowest BCUT2D eigenvalue weighted by Gasteiger charge is -2.29. The van der Waals surface area contributed by atoms with Gasteiger partial charge in [-0.25, -0.2) is 0 Å². The van der Waals surface area contributed by atoms with Crippen LogP contribution in [0.15, 0.2) is 24.3 Å². The van der Waals surface area contributed by atoms with Gasteiger partial charge in [0.05, 0.1) is 0 Å². The second-order valence-electron chi connectivity index (χ2n) is 4.48. The molecule has 18 heavy (non-hydrogen) atoms.